The summed E-state index contributed by atoms with van der Waals surface area (Å²) in [5, 5.41) is 2.50. The fraction of sp³-hybridized carbons (Fsp3) is 0.300. The van der Waals surface area contributed by atoms with Gasteiger partial charge in [-0.15, -0.1) is 0 Å². The number of carbonyl (C=O) groups excluding carboxylic acids is 2. The Bertz CT molecular complexity index is 837. The standard InChI is InChI=1S/C20H19ClFNO5/c21-17-10-14(22)5-8-18(17)23-19(24)12-28-20(25)13-3-6-15(7-4-13)27-11-16-2-1-9-26-16/h3-8,10,16H,1-2,9,11-12H2,(H,23,24)/t16-/m0/s1. The molecule has 0 saturated carbocycles. The molecule has 28 heavy (non-hydrogen) atoms. The molecule has 0 aliphatic carbocycles. The van der Waals surface area contributed by atoms with Gasteiger partial charge in [0.25, 0.3) is 5.91 Å². The molecule has 1 aliphatic heterocycles. The second-order valence-electron chi connectivity index (χ2n) is 6.22. The molecule has 0 bridgehead atoms. The van der Waals surface area contributed by atoms with E-state index in [-0.39, 0.29) is 22.4 Å². The van der Waals surface area contributed by atoms with Crippen LogP contribution in [-0.4, -0.2) is 37.8 Å². The Morgan fingerprint density at radius 1 is 1.21 bits per heavy atom. The van der Waals surface area contributed by atoms with Crippen LogP contribution in [0.3, 0.4) is 0 Å². The van der Waals surface area contributed by atoms with Crippen molar-refractivity contribution in [3.63, 3.8) is 0 Å². The van der Waals surface area contributed by atoms with Crippen LogP contribution in [0, 0.1) is 5.82 Å². The molecule has 2 aromatic rings. The maximum absolute atomic E-state index is 13.0. The van der Waals surface area contributed by atoms with E-state index in [9.17, 15) is 14.0 Å². The zero-order valence-electron chi connectivity index (χ0n) is 15.0. The number of nitrogens with one attached hydrogen (secondary N) is 1. The Kier molecular flexibility index (Phi) is 6.84. The van der Waals surface area contributed by atoms with E-state index in [1.54, 1.807) is 24.3 Å². The lowest BCUT2D eigenvalue weighted by Gasteiger charge is -2.11. The smallest absolute Gasteiger partial charge is 0.338 e. The van der Waals surface area contributed by atoms with Crippen LogP contribution >= 0.6 is 11.6 Å². The second-order valence-corrected chi connectivity index (χ2v) is 6.63. The van der Waals surface area contributed by atoms with Gasteiger partial charge in [0.1, 0.15) is 18.2 Å². The van der Waals surface area contributed by atoms with E-state index in [2.05, 4.69) is 5.32 Å². The minimum absolute atomic E-state index is 0.0540. The Balaban J connectivity index is 1.45. The Hall–Kier alpha value is -2.64. The molecule has 6 nitrogen and oxygen atoms in total. The summed E-state index contributed by atoms with van der Waals surface area (Å²) in [6.45, 7) is 0.736. The number of benzene rings is 2. The van der Waals surface area contributed by atoms with Crippen molar-refractivity contribution in [2.75, 3.05) is 25.1 Å². The first-order chi connectivity index (χ1) is 13.5. The number of amides is 1. The van der Waals surface area contributed by atoms with Crippen molar-refractivity contribution < 1.29 is 28.2 Å². The maximum Gasteiger partial charge on any atom is 0.338 e. The van der Waals surface area contributed by atoms with Crippen LogP contribution in [-0.2, 0) is 14.3 Å². The maximum atomic E-state index is 13.0. The molecular weight excluding hydrogens is 389 g/mol. The SMILES string of the molecule is O=C(COC(=O)c1ccc(OC[C@@H]2CCCO2)cc1)Nc1ccc(F)cc1Cl. The molecule has 1 heterocycles. The monoisotopic (exact) mass is 407 g/mol. The summed E-state index contributed by atoms with van der Waals surface area (Å²) in [5.41, 5.74) is 0.522. The van der Waals surface area contributed by atoms with E-state index in [1.807, 2.05) is 0 Å². The van der Waals surface area contributed by atoms with Gasteiger partial charge in [-0.05, 0) is 55.3 Å². The van der Waals surface area contributed by atoms with Gasteiger partial charge in [-0.25, -0.2) is 9.18 Å². The Labute approximate surface area is 166 Å². The molecule has 1 fully saturated rings. The fourth-order valence-electron chi connectivity index (χ4n) is 2.64. The molecule has 1 amide bonds. The summed E-state index contributed by atoms with van der Waals surface area (Å²) < 4.78 is 29.1. The van der Waals surface area contributed by atoms with Crippen LogP contribution in [0.15, 0.2) is 42.5 Å². The molecule has 1 saturated heterocycles. The Morgan fingerprint density at radius 2 is 2.00 bits per heavy atom. The summed E-state index contributed by atoms with van der Waals surface area (Å²) >= 11 is 5.83. The molecule has 2 aromatic carbocycles. The molecule has 8 heteroatoms. The Morgan fingerprint density at radius 3 is 2.68 bits per heavy atom. The average molecular weight is 408 g/mol. The normalized spacial score (nSPS) is 15.9. The summed E-state index contributed by atoms with van der Waals surface area (Å²) in [7, 11) is 0. The number of esters is 1. The molecule has 1 aliphatic rings. The zero-order chi connectivity index (χ0) is 19.9. The number of hydrogen-bond acceptors (Lipinski definition) is 5. The van der Waals surface area contributed by atoms with Gasteiger partial charge < -0.3 is 19.5 Å². The predicted molar refractivity (Wildman–Crippen MR) is 101 cm³/mol. The quantitative estimate of drug-likeness (QED) is 0.706. The number of hydrogen-bond donors (Lipinski definition) is 1. The van der Waals surface area contributed by atoms with Gasteiger partial charge in [0.15, 0.2) is 6.61 Å². The lowest BCUT2D eigenvalue weighted by atomic mass is 10.2. The molecule has 0 unspecified atom stereocenters. The third-order valence-corrected chi connectivity index (χ3v) is 4.40. The van der Waals surface area contributed by atoms with E-state index < -0.39 is 24.3 Å². The molecular formula is C20H19ClFNO5. The van der Waals surface area contributed by atoms with Crippen molar-refractivity contribution in [3.05, 3.63) is 58.9 Å². The van der Waals surface area contributed by atoms with Crippen LogP contribution in [0.1, 0.15) is 23.2 Å². The highest BCUT2D eigenvalue weighted by Gasteiger charge is 2.16. The third-order valence-electron chi connectivity index (χ3n) is 4.09. The lowest BCUT2D eigenvalue weighted by molar-refractivity contribution is -0.119. The van der Waals surface area contributed by atoms with Crippen molar-refractivity contribution in [1.82, 2.24) is 0 Å². The molecule has 0 spiro atoms. The van der Waals surface area contributed by atoms with E-state index in [0.717, 1.165) is 31.6 Å². The van der Waals surface area contributed by atoms with Gasteiger partial charge in [0, 0.05) is 6.61 Å². The van der Waals surface area contributed by atoms with Crippen LogP contribution in [0.5, 0.6) is 5.75 Å². The summed E-state index contributed by atoms with van der Waals surface area (Å²) in [4.78, 5) is 23.9. The second kappa shape index (κ2) is 9.52. The number of ether oxygens (including phenoxy) is 3. The van der Waals surface area contributed by atoms with Gasteiger partial charge >= 0.3 is 5.97 Å². The van der Waals surface area contributed by atoms with Gasteiger partial charge in [0.2, 0.25) is 0 Å². The van der Waals surface area contributed by atoms with Crippen molar-refractivity contribution in [1.29, 1.82) is 0 Å². The van der Waals surface area contributed by atoms with Crippen LogP contribution in [0.2, 0.25) is 5.02 Å². The van der Waals surface area contributed by atoms with Crippen molar-refractivity contribution in [3.8, 4) is 5.75 Å². The number of halogens is 2. The predicted octanol–water partition coefficient (Wildman–Crippen LogP) is 3.83. The number of carbonyl (C=O) groups is 2. The average Bonchev–Trinajstić information content (AvgIpc) is 3.21. The van der Waals surface area contributed by atoms with Crippen molar-refractivity contribution >= 4 is 29.2 Å². The molecule has 0 aromatic heterocycles. The van der Waals surface area contributed by atoms with Crippen LogP contribution in [0.25, 0.3) is 0 Å². The number of rotatable bonds is 7. The van der Waals surface area contributed by atoms with E-state index in [4.69, 9.17) is 25.8 Å². The summed E-state index contributed by atoms with van der Waals surface area (Å²) in [6, 6.07) is 9.99. The third kappa shape index (κ3) is 5.68. The lowest BCUT2D eigenvalue weighted by Crippen LogP contribution is -2.21. The largest absolute Gasteiger partial charge is 0.491 e. The van der Waals surface area contributed by atoms with Crippen LogP contribution < -0.4 is 10.1 Å². The summed E-state index contributed by atoms with van der Waals surface area (Å²) in [6.07, 6.45) is 2.13. The molecule has 148 valence electrons. The van der Waals surface area contributed by atoms with Gasteiger partial charge in [0.05, 0.1) is 22.4 Å². The van der Waals surface area contributed by atoms with E-state index >= 15 is 0 Å². The first-order valence-electron chi connectivity index (χ1n) is 8.78. The topological polar surface area (TPSA) is 73.9 Å². The fourth-order valence-corrected chi connectivity index (χ4v) is 2.86. The van der Waals surface area contributed by atoms with E-state index in [1.165, 1.54) is 6.07 Å². The van der Waals surface area contributed by atoms with Crippen molar-refractivity contribution in [2.24, 2.45) is 0 Å². The molecule has 1 atom stereocenters. The van der Waals surface area contributed by atoms with Gasteiger partial charge in [-0.3, -0.25) is 4.79 Å². The highest BCUT2D eigenvalue weighted by molar-refractivity contribution is 6.33. The number of anilines is 1. The highest BCUT2D eigenvalue weighted by Crippen LogP contribution is 2.22. The minimum atomic E-state index is -0.647. The first kappa shape index (κ1) is 20.1. The first-order valence-corrected chi connectivity index (χ1v) is 9.15. The summed E-state index contributed by atoms with van der Waals surface area (Å²) in [5.74, 6) is -1.13. The van der Waals surface area contributed by atoms with Gasteiger partial charge in [-0.1, -0.05) is 11.6 Å². The highest BCUT2D eigenvalue weighted by atomic mass is 35.5. The minimum Gasteiger partial charge on any atom is -0.491 e. The molecule has 1 N–H and O–H groups in total. The molecule has 3 rings (SSSR count). The van der Waals surface area contributed by atoms with Crippen molar-refractivity contribution in [2.45, 2.75) is 18.9 Å². The van der Waals surface area contributed by atoms with E-state index in [0.29, 0.717) is 12.4 Å². The van der Waals surface area contributed by atoms with Crippen LogP contribution in [0.4, 0.5) is 10.1 Å². The zero-order valence-corrected chi connectivity index (χ0v) is 15.7. The van der Waals surface area contributed by atoms with Gasteiger partial charge in [-0.2, -0.15) is 0 Å². The molecule has 0 radical (unpaired) electrons.